The van der Waals surface area contributed by atoms with E-state index >= 15 is 0 Å². The number of aromatic nitrogens is 3. The van der Waals surface area contributed by atoms with Crippen LogP contribution in [0.3, 0.4) is 0 Å². The van der Waals surface area contributed by atoms with E-state index in [1.807, 2.05) is 16.7 Å². The van der Waals surface area contributed by atoms with Gasteiger partial charge in [-0.25, -0.2) is 4.39 Å². The maximum absolute atomic E-state index is 13.0. The number of likely N-dealkylation sites (N-methyl/N-ethyl adjacent to an activating group) is 1. The topological polar surface area (TPSA) is 80.1 Å². The van der Waals surface area contributed by atoms with E-state index in [9.17, 15) is 14.0 Å². The number of rotatable bonds is 9. The van der Waals surface area contributed by atoms with E-state index < -0.39 is 0 Å². The fraction of sp³-hybridized carbons (Fsp3) is 0.273. The molecule has 0 aliphatic carbocycles. The first kappa shape index (κ1) is 23.7. The molecule has 0 unspecified atom stereocenters. The fourth-order valence-electron chi connectivity index (χ4n) is 2.91. The van der Waals surface area contributed by atoms with E-state index in [2.05, 4.69) is 22.4 Å². The van der Waals surface area contributed by atoms with E-state index in [0.29, 0.717) is 28.2 Å². The molecule has 168 valence electrons. The molecule has 0 saturated heterocycles. The molecule has 1 aromatic heterocycles. The number of anilines is 1. The van der Waals surface area contributed by atoms with Gasteiger partial charge in [0, 0.05) is 29.9 Å². The van der Waals surface area contributed by atoms with Crippen LogP contribution in [-0.2, 0) is 16.1 Å². The van der Waals surface area contributed by atoms with Gasteiger partial charge in [0.1, 0.15) is 5.82 Å². The molecule has 0 aliphatic heterocycles. The van der Waals surface area contributed by atoms with Crippen LogP contribution < -0.4 is 5.32 Å². The maximum Gasteiger partial charge on any atom is 0.243 e. The average Bonchev–Trinajstić information content (AvgIpc) is 3.17. The largest absolute Gasteiger partial charge is 0.336 e. The standard InChI is InChI=1S/C22H23ClFN5O2S/c1-3-12-29-21(15-4-6-16(23)7-5-15)26-27-22(29)32-14-20(31)28(2)13-19(30)25-18-10-8-17(24)9-11-18/h4-11H,3,12-14H2,1-2H3,(H,25,30). The Morgan fingerprint density at radius 3 is 2.47 bits per heavy atom. The molecule has 32 heavy (non-hydrogen) atoms. The highest BCUT2D eigenvalue weighted by Gasteiger charge is 2.18. The molecule has 10 heteroatoms. The van der Waals surface area contributed by atoms with Crippen molar-refractivity contribution >= 4 is 40.9 Å². The minimum Gasteiger partial charge on any atom is -0.336 e. The lowest BCUT2D eigenvalue weighted by atomic mass is 10.2. The second-order valence-corrected chi connectivity index (χ2v) is 8.44. The first-order valence-corrected chi connectivity index (χ1v) is 11.3. The summed E-state index contributed by atoms with van der Waals surface area (Å²) in [5.74, 6) is -0.143. The molecule has 2 amide bonds. The summed E-state index contributed by atoms with van der Waals surface area (Å²) < 4.78 is 14.9. The van der Waals surface area contributed by atoms with Crippen LogP contribution in [0.15, 0.2) is 53.7 Å². The molecule has 0 atom stereocenters. The van der Waals surface area contributed by atoms with Crippen molar-refractivity contribution in [3.8, 4) is 11.4 Å². The summed E-state index contributed by atoms with van der Waals surface area (Å²) in [7, 11) is 1.56. The van der Waals surface area contributed by atoms with Gasteiger partial charge in [0.15, 0.2) is 11.0 Å². The van der Waals surface area contributed by atoms with Crippen molar-refractivity contribution in [2.24, 2.45) is 0 Å². The summed E-state index contributed by atoms with van der Waals surface area (Å²) in [6.45, 7) is 2.64. The maximum atomic E-state index is 13.0. The van der Waals surface area contributed by atoms with Crippen LogP contribution in [0, 0.1) is 5.82 Å². The van der Waals surface area contributed by atoms with Crippen LogP contribution >= 0.6 is 23.4 Å². The molecule has 2 aromatic carbocycles. The minimum atomic E-state index is -0.387. The van der Waals surface area contributed by atoms with Crippen molar-refractivity contribution in [1.29, 1.82) is 0 Å². The van der Waals surface area contributed by atoms with Gasteiger partial charge < -0.3 is 14.8 Å². The summed E-state index contributed by atoms with van der Waals surface area (Å²) in [5.41, 5.74) is 1.36. The molecular weight excluding hydrogens is 453 g/mol. The molecule has 3 rings (SSSR count). The first-order valence-electron chi connectivity index (χ1n) is 9.98. The second-order valence-electron chi connectivity index (χ2n) is 7.06. The minimum absolute atomic E-state index is 0.114. The number of carbonyl (C=O) groups excluding carboxylic acids is 2. The Labute approximate surface area is 195 Å². The van der Waals surface area contributed by atoms with Crippen molar-refractivity contribution in [3.63, 3.8) is 0 Å². The molecule has 0 spiro atoms. The molecule has 0 aliphatic rings. The Bertz CT molecular complexity index is 1070. The molecule has 0 radical (unpaired) electrons. The van der Waals surface area contributed by atoms with Crippen LogP contribution in [0.4, 0.5) is 10.1 Å². The second kappa shape index (κ2) is 11.1. The zero-order chi connectivity index (χ0) is 23.1. The van der Waals surface area contributed by atoms with E-state index in [4.69, 9.17) is 11.6 Å². The Kier molecular flexibility index (Phi) is 8.24. The summed E-state index contributed by atoms with van der Waals surface area (Å²) in [6.07, 6.45) is 0.879. The summed E-state index contributed by atoms with van der Waals surface area (Å²) in [5, 5.41) is 12.5. The van der Waals surface area contributed by atoms with Crippen LogP contribution in [0.1, 0.15) is 13.3 Å². The highest BCUT2D eigenvalue weighted by atomic mass is 35.5. The van der Waals surface area contributed by atoms with Crippen molar-refractivity contribution in [2.45, 2.75) is 25.0 Å². The molecule has 3 aromatic rings. The first-order chi connectivity index (χ1) is 15.4. The van der Waals surface area contributed by atoms with Crippen molar-refractivity contribution in [2.75, 3.05) is 24.7 Å². The number of amides is 2. The Balaban J connectivity index is 1.59. The summed E-state index contributed by atoms with van der Waals surface area (Å²) >= 11 is 7.25. The SMILES string of the molecule is CCCn1c(SCC(=O)N(C)CC(=O)Nc2ccc(F)cc2)nnc1-c1ccc(Cl)cc1. The predicted molar refractivity (Wildman–Crippen MR) is 124 cm³/mol. The van der Waals surface area contributed by atoms with Gasteiger partial charge in [0.05, 0.1) is 12.3 Å². The number of nitrogens with zero attached hydrogens (tertiary/aromatic N) is 4. The van der Waals surface area contributed by atoms with Crippen LogP contribution in [0.25, 0.3) is 11.4 Å². The lowest BCUT2D eigenvalue weighted by Gasteiger charge is -2.16. The van der Waals surface area contributed by atoms with E-state index in [-0.39, 0.29) is 29.9 Å². The number of carbonyl (C=O) groups is 2. The number of hydrogen-bond donors (Lipinski definition) is 1. The highest BCUT2D eigenvalue weighted by molar-refractivity contribution is 7.99. The van der Waals surface area contributed by atoms with Crippen molar-refractivity contribution < 1.29 is 14.0 Å². The van der Waals surface area contributed by atoms with Crippen LogP contribution in [0.5, 0.6) is 0 Å². The van der Waals surface area contributed by atoms with Crippen molar-refractivity contribution in [3.05, 3.63) is 59.4 Å². The van der Waals surface area contributed by atoms with Crippen molar-refractivity contribution in [1.82, 2.24) is 19.7 Å². The van der Waals surface area contributed by atoms with E-state index in [1.165, 1.54) is 40.9 Å². The normalized spacial score (nSPS) is 10.8. The zero-order valence-electron chi connectivity index (χ0n) is 17.7. The van der Waals surface area contributed by atoms with Gasteiger partial charge in [0.2, 0.25) is 11.8 Å². The number of benzene rings is 2. The Hall–Kier alpha value is -2.91. The molecule has 1 heterocycles. The molecule has 0 bridgehead atoms. The predicted octanol–water partition coefficient (Wildman–Crippen LogP) is 4.34. The Morgan fingerprint density at radius 2 is 1.81 bits per heavy atom. The van der Waals surface area contributed by atoms with Gasteiger partial charge in [-0.05, 0) is 55.0 Å². The van der Waals surface area contributed by atoms with E-state index in [1.54, 1.807) is 19.2 Å². The molecular formula is C22H23ClFN5O2S. The third-order valence-corrected chi connectivity index (χ3v) is 5.73. The van der Waals surface area contributed by atoms with Crippen LogP contribution in [-0.4, -0.2) is 50.8 Å². The summed E-state index contributed by atoms with van der Waals surface area (Å²) in [6, 6.07) is 12.8. The third-order valence-electron chi connectivity index (χ3n) is 4.53. The number of nitrogens with one attached hydrogen (secondary N) is 1. The lowest BCUT2D eigenvalue weighted by Crippen LogP contribution is -2.36. The van der Waals surface area contributed by atoms with Gasteiger partial charge in [0.25, 0.3) is 0 Å². The molecule has 7 nitrogen and oxygen atoms in total. The average molecular weight is 476 g/mol. The number of halogens is 2. The van der Waals surface area contributed by atoms with Crippen LogP contribution in [0.2, 0.25) is 5.02 Å². The molecule has 0 saturated carbocycles. The van der Waals surface area contributed by atoms with Gasteiger partial charge in [-0.3, -0.25) is 9.59 Å². The quantitative estimate of drug-likeness (QED) is 0.466. The molecule has 0 fully saturated rings. The van der Waals surface area contributed by atoms with Gasteiger partial charge in [-0.1, -0.05) is 30.3 Å². The monoisotopic (exact) mass is 475 g/mol. The lowest BCUT2D eigenvalue weighted by molar-refractivity contribution is -0.131. The number of hydrogen-bond acceptors (Lipinski definition) is 5. The highest BCUT2D eigenvalue weighted by Crippen LogP contribution is 2.25. The molecule has 1 N–H and O–H groups in total. The van der Waals surface area contributed by atoms with Gasteiger partial charge in [-0.15, -0.1) is 10.2 Å². The Morgan fingerprint density at radius 1 is 1.12 bits per heavy atom. The fourth-order valence-corrected chi connectivity index (χ4v) is 3.94. The summed E-state index contributed by atoms with van der Waals surface area (Å²) in [4.78, 5) is 26.0. The van der Waals surface area contributed by atoms with E-state index in [0.717, 1.165) is 12.0 Å². The van der Waals surface area contributed by atoms with Gasteiger partial charge in [-0.2, -0.15) is 0 Å². The van der Waals surface area contributed by atoms with Gasteiger partial charge >= 0.3 is 0 Å². The zero-order valence-corrected chi connectivity index (χ0v) is 19.3. The number of thioether (sulfide) groups is 1. The third kappa shape index (κ3) is 6.30. The smallest absolute Gasteiger partial charge is 0.243 e.